The smallest absolute Gasteiger partial charge is 0.0827 e. The fourth-order valence-electron chi connectivity index (χ4n) is 2.37. The van der Waals surface area contributed by atoms with Gasteiger partial charge >= 0.3 is 0 Å². The van der Waals surface area contributed by atoms with Gasteiger partial charge in [-0.2, -0.15) is 0 Å². The van der Waals surface area contributed by atoms with E-state index in [0.29, 0.717) is 5.92 Å². The molecule has 0 bridgehead atoms. The van der Waals surface area contributed by atoms with Crippen LogP contribution in [0.2, 0.25) is 0 Å². The summed E-state index contributed by atoms with van der Waals surface area (Å²) in [4.78, 5) is 0. The molecule has 0 radical (unpaired) electrons. The molecular weight excluding hydrogens is 260 g/mol. The fraction of sp³-hybridized carbons (Fsp3) is 0.529. The zero-order chi connectivity index (χ0) is 15.3. The molecule has 1 heterocycles. The zero-order valence-electron chi connectivity index (χ0n) is 13.5. The van der Waals surface area contributed by atoms with Crippen LogP contribution in [0.25, 0.3) is 0 Å². The van der Waals surface area contributed by atoms with Crippen LogP contribution in [0.1, 0.15) is 44.4 Å². The molecule has 0 saturated heterocycles. The van der Waals surface area contributed by atoms with Crippen LogP contribution < -0.4 is 5.32 Å². The summed E-state index contributed by atoms with van der Waals surface area (Å²) < 4.78 is 1.76. The second kappa shape index (κ2) is 6.85. The molecule has 0 saturated carbocycles. The molecule has 2 aromatic rings. The average Bonchev–Trinajstić information content (AvgIpc) is 2.84. The molecule has 1 N–H and O–H groups in total. The summed E-state index contributed by atoms with van der Waals surface area (Å²) in [5.41, 5.74) is 2.59. The Kier molecular flexibility index (Phi) is 5.12. The first kappa shape index (κ1) is 15.7. The topological polar surface area (TPSA) is 42.7 Å². The normalized spacial score (nSPS) is 13.3. The van der Waals surface area contributed by atoms with Crippen molar-refractivity contribution < 1.29 is 0 Å². The van der Waals surface area contributed by atoms with E-state index in [4.69, 9.17) is 0 Å². The van der Waals surface area contributed by atoms with Crippen molar-refractivity contribution >= 4 is 0 Å². The monoisotopic (exact) mass is 286 g/mol. The highest BCUT2D eigenvalue weighted by atomic mass is 15.4. The minimum atomic E-state index is 0.138. The Morgan fingerprint density at radius 2 is 1.90 bits per heavy atom. The number of nitrogens with zero attached hydrogens (tertiary/aromatic N) is 3. The highest BCUT2D eigenvalue weighted by molar-refractivity contribution is 5.20. The lowest BCUT2D eigenvalue weighted by Gasteiger charge is -2.25. The summed E-state index contributed by atoms with van der Waals surface area (Å²) in [6, 6.07) is 10.7. The highest BCUT2D eigenvalue weighted by Gasteiger charge is 2.16. The van der Waals surface area contributed by atoms with Gasteiger partial charge in [0, 0.05) is 25.3 Å². The lowest BCUT2D eigenvalue weighted by molar-refractivity contribution is 0.399. The number of rotatable bonds is 6. The Hall–Kier alpha value is -1.68. The van der Waals surface area contributed by atoms with Crippen LogP contribution in [-0.4, -0.2) is 27.1 Å². The first-order valence-electron chi connectivity index (χ1n) is 7.59. The third-order valence-corrected chi connectivity index (χ3v) is 3.55. The lowest BCUT2D eigenvalue weighted by atomic mass is 9.92. The minimum Gasteiger partial charge on any atom is -0.311 e. The van der Waals surface area contributed by atoms with E-state index in [0.717, 1.165) is 25.1 Å². The number of benzene rings is 1. The average molecular weight is 286 g/mol. The molecule has 21 heavy (non-hydrogen) atoms. The van der Waals surface area contributed by atoms with Gasteiger partial charge in [-0.25, -0.2) is 0 Å². The molecule has 4 heteroatoms. The van der Waals surface area contributed by atoms with Gasteiger partial charge in [-0.3, -0.25) is 4.68 Å². The first-order chi connectivity index (χ1) is 9.94. The number of aromatic nitrogens is 3. The molecule has 2 rings (SSSR count). The van der Waals surface area contributed by atoms with Crippen LogP contribution in [0.4, 0.5) is 0 Å². The van der Waals surface area contributed by atoms with Crippen LogP contribution in [0, 0.1) is 0 Å². The molecular formula is C17H26N4. The molecule has 0 aliphatic rings. The summed E-state index contributed by atoms with van der Waals surface area (Å²) in [6.45, 7) is 7.60. The van der Waals surface area contributed by atoms with Gasteiger partial charge in [-0.15, -0.1) is 5.10 Å². The minimum absolute atomic E-state index is 0.138. The van der Waals surface area contributed by atoms with Crippen LogP contribution in [0.3, 0.4) is 0 Å². The fourth-order valence-corrected chi connectivity index (χ4v) is 2.37. The van der Waals surface area contributed by atoms with Crippen molar-refractivity contribution in [3.8, 4) is 0 Å². The van der Waals surface area contributed by atoms with Crippen molar-refractivity contribution in [1.29, 1.82) is 0 Å². The van der Waals surface area contributed by atoms with E-state index >= 15 is 0 Å². The van der Waals surface area contributed by atoms with E-state index in [1.54, 1.807) is 4.68 Å². The van der Waals surface area contributed by atoms with Crippen molar-refractivity contribution in [2.24, 2.45) is 7.05 Å². The van der Waals surface area contributed by atoms with Crippen molar-refractivity contribution in [3.05, 3.63) is 47.8 Å². The van der Waals surface area contributed by atoms with E-state index in [9.17, 15) is 0 Å². The SMILES string of the molecule is Cn1cc(CCC(CNC(C)(C)C)c2ccccc2)nn1. The van der Waals surface area contributed by atoms with Crippen molar-refractivity contribution in [3.63, 3.8) is 0 Å². The van der Waals surface area contributed by atoms with Crippen LogP contribution >= 0.6 is 0 Å². The third-order valence-electron chi connectivity index (χ3n) is 3.55. The molecule has 0 aliphatic heterocycles. The molecule has 1 unspecified atom stereocenters. The van der Waals surface area contributed by atoms with Crippen LogP contribution in [0.15, 0.2) is 36.5 Å². The second-order valence-electron chi connectivity index (χ2n) is 6.66. The number of aryl methyl sites for hydroxylation is 2. The Balaban J connectivity index is 2.01. The molecule has 0 fully saturated rings. The predicted molar refractivity (Wildman–Crippen MR) is 86.3 cm³/mol. The van der Waals surface area contributed by atoms with Gasteiger partial charge in [0.2, 0.25) is 0 Å². The molecule has 1 aromatic carbocycles. The van der Waals surface area contributed by atoms with Crippen molar-refractivity contribution in [2.45, 2.75) is 45.1 Å². The lowest BCUT2D eigenvalue weighted by Crippen LogP contribution is -2.38. The van der Waals surface area contributed by atoms with E-state index in [2.05, 4.69) is 66.7 Å². The molecule has 114 valence electrons. The second-order valence-corrected chi connectivity index (χ2v) is 6.66. The van der Waals surface area contributed by atoms with E-state index in [-0.39, 0.29) is 5.54 Å². The largest absolute Gasteiger partial charge is 0.311 e. The van der Waals surface area contributed by atoms with Gasteiger partial charge in [0.15, 0.2) is 0 Å². The summed E-state index contributed by atoms with van der Waals surface area (Å²) in [5, 5.41) is 11.8. The Bertz CT molecular complexity index is 539. The summed E-state index contributed by atoms with van der Waals surface area (Å²) >= 11 is 0. The van der Waals surface area contributed by atoms with Crippen LogP contribution in [0.5, 0.6) is 0 Å². The summed E-state index contributed by atoms with van der Waals surface area (Å²) in [6.07, 6.45) is 4.03. The summed E-state index contributed by atoms with van der Waals surface area (Å²) in [5.74, 6) is 0.493. The maximum absolute atomic E-state index is 4.18. The number of nitrogens with one attached hydrogen (secondary N) is 1. The van der Waals surface area contributed by atoms with Gasteiger partial charge in [-0.1, -0.05) is 35.5 Å². The number of hydrogen-bond acceptors (Lipinski definition) is 3. The molecule has 0 amide bonds. The Morgan fingerprint density at radius 3 is 2.48 bits per heavy atom. The van der Waals surface area contributed by atoms with Gasteiger partial charge in [0.25, 0.3) is 0 Å². The molecule has 1 aromatic heterocycles. The molecule has 1 atom stereocenters. The van der Waals surface area contributed by atoms with Gasteiger partial charge in [0.05, 0.1) is 5.69 Å². The maximum Gasteiger partial charge on any atom is 0.0827 e. The highest BCUT2D eigenvalue weighted by Crippen LogP contribution is 2.21. The number of hydrogen-bond donors (Lipinski definition) is 1. The first-order valence-corrected chi connectivity index (χ1v) is 7.59. The van der Waals surface area contributed by atoms with E-state index in [1.165, 1.54) is 5.56 Å². The van der Waals surface area contributed by atoms with E-state index in [1.807, 2.05) is 13.2 Å². The maximum atomic E-state index is 4.18. The Labute approximate surface area is 127 Å². The zero-order valence-corrected chi connectivity index (χ0v) is 13.5. The van der Waals surface area contributed by atoms with Gasteiger partial charge < -0.3 is 5.32 Å². The molecule has 0 aliphatic carbocycles. The van der Waals surface area contributed by atoms with Crippen LogP contribution in [-0.2, 0) is 13.5 Å². The molecule has 0 spiro atoms. The van der Waals surface area contributed by atoms with E-state index < -0.39 is 0 Å². The quantitative estimate of drug-likeness (QED) is 0.888. The summed E-state index contributed by atoms with van der Waals surface area (Å²) in [7, 11) is 1.91. The predicted octanol–water partition coefficient (Wildman–Crippen LogP) is 2.92. The Morgan fingerprint density at radius 1 is 1.19 bits per heavy atom. The standard InChI is InChI=1S/C17H26N4/c1-17(2,3)18-12-15(14-8-6-5-7-9-14)10-11-16-13-21(4)20-19-16/h5-9,13,15,18H,10-12H2,1-4H3. The van der Waals surface area contributed by atoms with Gasteiger partial charge in [0.1, 0.15) is 0 Å². The van der Waals surface area contributed by atoms with Crippen molar-refractivity contribution in [1.82, 2.24) is 20.3 Å². The van der Waals surface area contributed by atoms with Crippen molar-refractivity contribution in [2.75, 3.05) is 6.54 Å². The molecule has 4 nitrogen and oxygen atoms in total. The van der Waals surface area contributed by atoms with Gasteiger partial charge in [-0.05, 0) is 45.1 Å². The third kappa shape index (κ3) is 5.31.